The second-order valence-electron chi connectivity index (χ2n) is 9.06. The predicted molar refractivity (Wildman–Crippen MR) is 142 cm³/mol. The Morgan fingerprint density at radius 2 is 1.95 bits per heavy atom. The van der Waals surface area contributed by atoms with Crippen LogP contribution < -0.4 is 11.1 Å². The lowest BCUT2D eigenvalue weighted by molar-refractivity contribution is -0.173. The molecule has 0 bridgehead atoms. The van der Waals surface area contributed by atoms with E-state index in [0.29, 0.717) is 5.75 Å². The Morgan fingerprint density at radius 1 is 1.24 bits per heavy atom. The molecule has 1 aromatic heterocycles. The first-order chi connectivity index (χ1) is 17.5. The average Bonchev–Trinajstić information content (AvgIpc) is 3.53. The first-order valence-corrected chi connectivity index (χ1v) is 15.0. The van der Waals surface area contributed by atoms with Crippen molar-refractivity contribution in [3.8, 4) is 0 Å². The molecule has 0 unspecified atom stereocenters. The summed E-state index contributed by atoms with van der Waals surface area (Å²) in [4.78, 5) is 56.4. The number of amides is 2. The van der Waals surface area contributed by atoms with Crippen molar-refractivity contribution in [1.82, 2.24) is 15.2 Å². The number of nitrogens with two attached hydrogens (primary N) is 1. The molecule has 2 saturated heterocycles. The molecule has 0 saturated carbocycles. The zero-order valence-corrected chi connectivity index (χ0v) is 23.4. The van der Waals surface area contributed by atoms with Gasteiger partial charge in [0.2, 0.25) is 6.79 Å². The number of fused-ring (bicyclic) bond motifs is 1. The summed E-state index contributed by atoms with van der Waals surface area (Å²) in [6.07, 6.45) is 0. The molecule has 3 aliphatic rings. The maximum absolute atomic E-state index is 13.2. The van der Waals surface area contributed by atoms with E-state index in [1.807, 2.05) is 0 Å². The highest BCUT2D eigenvalue weighted by Gasteiger charge is 2.55. The zero-order chi connectivity index (χ0) is 26.9. The molecule has 4 rings (SSSR count). The van der Waals surface area contributed by atoms with E-state index in [-0.39, 0.29) is 26.8 Å². The fourth-order valence-electron chi connectivity index (χ4n) is 3.61. The van der Waals surface area contributed by atoms with Gasteiger partial charge in [-0.05, 0) is 26.3 Å². The van der Waals surface area contributed by atoms with E-state index in [9.17, 15) is 24.4 Å². The van der Waals surface area contributed by atoms with Gasteiger partial charge in [0.15, 0.2) is 10.8 Å². The highest BCUT2D eigenvalue weighted by molar-refractivity contribution is 8.20. The lowest BCUT2D eigenvalue weighted by Crippen LogP contribution is -2.71. The molecule has 0 radical (unpaired) electrons. The molecule has 16 heteroatoms. The number of nitrogens with zero attached hydrogens (tertiary/aromatic N) is 3. The number of nitrogens with one attached hydrogen (secondary N) is 1. The summed E-state index contributed by atoms with van der Waals surface area (Å²) in [6, 6.07) is -0.961. The van der Waals surface area contributed by atoms with Crippen molar-refractivity contribution in [3.05, 3.63) is 22.3 Å². The molecule has 12 nitrogen and oxygen atoms in total. The monoisotopic (exact) mass is 587 g/mol. The number of β-lactam (4-membered cyclic amide) rings is 1. The van der Waals surface area contributed by atoms with Crippen molar-refractivity contribution in [2.45, 2.75) is 36.8 Å². The third-order valence-corrected chi connectivity index (χ3v) is 10.6. The van der Waals surface area contributed by atoms with Crippen LogP contribution >= 0.6 is 46.6 Å². The summed E-state index contributed by atoms with van der Waals surface area (Å²) >= 11 is 5.84. The fourth-order valence-corrected chi connectivity index (χ4v) is 8.71. The molecule has 3 aliphatic heterocycles. The Hall–Kier alpha value is -2.43. The molecule has 0 aliphatic carbocycles. The Bertz CT molecular complexity index is 1170. The fraction of sp³-hybridized carbons (Fsp3) is 0.524. The molecule has 0 aromatic carbocycles. The van der Waals surface area contributed by atoms with Crippen LogP contribution in [0.15, 0.2) is 21.8 Å². The van der Waals surface area contributed by atoms with E-state index in [2.05, 4.69) is 15.5 Å². The quantitative estimate of drug-likeness (QED) is 0.105. The lowest BCUT2D eigenvalue weighted by atomic mass is 9.98. The number of anilines is 1. The van der Waals surface area contributed by atoms with Gasteiger partial charge in [-0.1, -0.05) is 5.16 Å². The smallest absolute Gasteiger partial charge is 0.358 e. The second-order valence-corrected chi connectivity index (χ2v) is 13.8. The Morgan fingerprint density at radius 3 is 2.54 bits per heavy atom. The molecule has 2 fully saturated rings. The van der Waals surface area contributed by atoms with E-state index in [4.69, 9.17) is 15.2 Å². The normalized spacial score (nSPS) is 22.4. The van der Waals surface area contributed by atoms with Crippen molar-refractivity contribution >= 4 is 81.2 Å². The van der Waals surface area contributed by atoms with Crippen LogP contribution in [0.2, 0.25) is 0 Å². The van der Waals surface area contributed by atoms with Crippen LogP contribution in [0.1, 0.15) is 26.5 Å². The van der Waals surface area contributed by atoms with E-state index >= 15 is 0 Å². The first kappa shape index (κ1) is 27.6. The van der Waals surface area contributed by atoms with E-state index in [0.717, 1.165) is 28.4 Å². The number of hydrogen-bond donors (Lipinski definition) is 3. The summed E-state index contributed by atoms with van der Waals surface area (Å²) in [5.74, 6) is -0.346. The maximum Gasteiger partial charge on any atom is 0.358 e. The lowest BCUT2D eigenvalue weighted by Gasteiger charge is -2.50. The third-order valence-electron chi connectivity index (χ3n) is 5.46. The molecule has 200 valence electrons. The number of esters is 2. The molecular weight excluding hydrogens is 563 g/mol. The van der Waals surface area contributed by atoms with Crippen molar-refractivity contribution < 1.29 is 33.9 Å². The van der Waals surface area contributed by atoms with Crippen molar-refractivity contribution in [1.29, 1.82) is 0 Å². The predicted octanol–water partition coefficient (Wildman–Crippen LogP) is 1.45. The largest absolute Gasteiger partial charge is 0.427 e. The van der Waals surface area contributed by atoms with E-state index < -0.39 is 47.4 Å². The number of thioether (sulfide) groups is 3. The molecule has 2 amide bonds. The van der Waals surface area contributed by atoms with Gasteiger partial charge in [-0.15, -0.1) is 46.6 Å². The highest BCUT2D eigenvalue weighted by atomic mass is 32.2. The van der Waals surface area contributed by atoms with Crippen LogP contribution in [0.3, 0.4) is 0 Å². The van der Waals surface area contributed by atoms with Crippen LogP contribution in [0, 0.1) is 5.41 Å². The molecular formula is C21H25N5O7S4. The average molecular weight is 588 g/mol. The number of ether oxygens (including phenoxy) is 2. The van der Waals surface area contributed by atoms with E-state index in [1.165, 1.54) is 22.0 Å². The van der Waals surface area contributed by atoms with Crippen LogP contribution in [-0.4, -0.2) is 84.6 Å². The van der Waals surface area contributed by atoms with Gasteiger partial charge in [0, 0.05) is 22.6 Å². The number of thiazole rings is 1. The third kappa shape index (κ3) is 5.71. The van der Waals surface area contributed by atoms with Crippen LogP contribution in [0.25, 0.3) is 0 Å². The minimum atomic E-state index is -0.961. The van der Waals surface area contributed by atoms with Crippen LogP contribution in [0.5, 0.6) is 0 Å². The van der Waals surface area contributed by atoms with Gasteiger partial charge in [0.25, 0.3) is 11.8 Å². The number of carbonyl (C=O) groups is 4. The van der Waals surface area contributed by atoms with Gasteiger partial charge in [0.1, 0.15) is 22.8 Å². The minimum absolute atomic E-state index is 0.0159. The zero-order valence-electron chi connectivity index (χ0n) is 20.1. The molecule has 1 aromatic rings. The van der Waals surface area contributed by atoms with Gasteiger partial charge in [-0.25, -0.2) is 9.78 Å². The Kier molecular flexibility index (Phi) is 8.30. The van der Waals surface area contributed by atoms with Gasteiger partial charge < -0.3 is 25.7 Å². The van der Waals surface area contributed by atoms with Crippen molar-refractivity contribution in [2.75, 3.05) is 29.8 Å². The summed E-state index contributed by atoms with van der Waals surface area (Å²) in [5, 5.41) is 16.0. The summed E-state index contributed by atoms with van der Waals surface area (Å²) < 4.78 is 10.3. The maximum atomic E-state index is 13.2. The van der Waals surface area contributed by atoms with Crippen LogP contribution in [0.4, 0.5) is 5.13 Å². The molecule has 37 heavy (non-hydrogen) atoms. The SMILES string of the molecule is CC(C)(C)C(=O)OCOC(=O)C1=C(C2SCCS2)CS[C@@H]2[C@H](NC(=O)/C(=N\O)c3csc(N)n3)C(=O)N12. The molecule has 2 atom stereocenters. The van der Waals surface area contributed by atoms with E-state index in [1.54, 1.807) is 44.3 Å². The number of aromatic nitrogens is 1. The van der Waals surface area contributed by atoms with Gasteiger partial charge >= 0.3 is 11.9 Å². The standard InChI is InChI=1S/C21H25N5O7S4/c1-21(2,3)19(30)33-8-32-17(29)13-9(18-34-4-5-35-18)6-36-16-12(15(28)26(13)16)24-14(27)11(25-31)10-7-37-20(22)23-10/h7,12,16,18,31H,4-6,8H2,1-3H3,(H2,22,23)(H,24,27)/b25-11-/t12-,16-/m1/s1. The molecule has 0 spiro atoms. The van der Waals surface area contributed by atoms with Gasteiger partial charge in [-0.2, -0.15) is 0 Å². The minimum Gasteiger partial charge on any atom is -0.427 e. The topological polar surface area (TPSA) is 174 Å². The summed E-state index contributed by atoms with van der Waals surface area (Å²) in [5.41, 5.74) is 5.40. The Labute approximate surface area is 229 Å². The number of carbonyl (C=O) groups excluding carboxylic acids is 4. The summed E-state index contributed by atoms with van der Waals surface area (Å²) in [6.45, 7) is 4.46. The van der Waals surface area contributed by atoms with Crippen molar-refractivity contribution in [2.24, 2.45) is 10.6 Å². The number of nitrogen functional groups attached to an aromatic ring is 1. The van der Waals surface area contributed by atoms with Crippen LogP contribution in [-0.2, 0) is 28.7 Å². The van der Waals surface area contributed by atoms with Gasteiger partial charge in [-0.3, -0.25) is 19.3 Å². The molecule has 4 heterocycles. The Balaban J connectivity index is 1.50. The first-order valence-electron chi connectivity index (χ1n) is 11.0. The highest BCUT2D eigenvalue weighted by Crippen LogP contribution is 2.47. The van der Waals surface area contributed by atoms with Crippen molar-refractivity contribution in [3.63, 3.8) is 0 Å². The second kappa shape index (κ2) is 11.1. The number of oxime groups is 1. The summed E-state index contributed by atoms with van der Waals surface area (Å²) in [7, 11) is 0. The number of rotatable bonds is 7. The van der Waals surface area contributed by atoms with Gasteiger partial charge in [0.05, 0.1) is 10.00 Å². The molecule has 4 N–H and O–H groups in total. The number of hydrogen-bond acceptors (Lipinski definition) is 14.